The van der Waals surface area contributed by atoms with E-state index < -0.39 is 12.8 Å². The Morgan fingerprint density at radius 3 is 2.57 bits per heavy atom. The van der Waals surface area contributed by atoms with Crippen LogP contribution in [0.3, 0.4) is 0 Å². The zero-order chi connectivity index (χ0) is 20.0. The highest BCUT2D eigenvalue weighted by atomic mass is 32.2. The molecule has 1 aromatic carbocycles. The minimum atomic E-state index is -4.45. The number of alkyl halides is 3. The molecule has 0 aliphatic carbocycles. The summed E-state index contributed by atoms with van der Waals surface area (Å²) in [6.45, 7) is -1.40. The van der Waals surface area contributed by atoms with Gasteiger partial charge in [0, 0.05) is 23.9 Å². The van der Waals surface area contributed by atoms with Crippen molar-refractivity contribution in [2.45, 2.75) is 23.7 Å². The molecule has 1 fully saturated rings. The average molecular weight is 429 g/mol. The number of nitrogens with zero attached hydrogens (tertiary/aromatic N) is 1. The first-order valence-corrected chi connectivity index (χ1v) is 10.8. The third-order valence-corrected chi connectivity index (χ3v) is 6.95. The Kier molecular flexibility index (Phi) is 7.12. The molecule has 0 bridgehead atoms. The van der Waals surface area contributed by atoms with Crippen molar-refractivity contribution < 1.29 is 22.7 Å². The first-order valence-electron chi connectivity index (χ1n) is 8.67. The van der Waals surface area contributed by atoms with Crippen molar-refractivity contribution >= 4 is 29.4 Å². The van der Waals surface area contributed by atoms with E-state index >= 15 is 0 Å². The van der Waals surface area contributed by atoms with Gasteiger partial charge in [-0.2, -0.15) is 13.2 Å². The molecule has 1 amide bonds. The van der Waals surface area contributed by atoms with Crippen LogP contribution in [0.15, 0.2) is 42.6 Å². The zero-order valence-corrected chi connectivity index (χ0v) is 16.5. The monoisotopic (exact) mass is 428 g/mol. The number of nitrogens with one attached hydrogen (secondary N) is 1. The van der Waals surface area contributed by atoms with Crippen LogP contribution in [-0.4, -0.2) is 35.2 Å². The lowest BCUT2D eigenvalue weighted by molar-refractivity contribution is -0.154. The van der Waals surface area contributed by atoms with Crippen LogP contribution < -0.4 is 10.1 Å². The van der Waals surface area contributed by atoms with Gasteiger partial charge in [0.25, 0.3) is 5.91 Å². The SMILES string of the molecule is O=C(NCc1cccnc1OCC(F)(F)F)c1ccc(C2SCCCS2)cc1. The molecule has 0 unspecified atom stereocenters. The molecule has 2 heterocycles. The highest BCUT2D eigenvalue weighted by Gasteiger charge is 2.29. The molecule has 2 aromatic rings. The second kappa shape index (κ2) is 9.56. The Bertz CT molecular complexity index is 795. The van der Waals surface area contributed by atoms with Gasteiger partial charge in [0.15, 0.2) is 6.61 Å². The van der Waals surface area contributed by atoms with Gasteiger partial charge in [0.2, 0.25) is 5.88 Å². The van der Waals surface area contributed by atoms with E-state index in [2.05, 4.69) is 10.3 Å². The Balaban J connectivity index is 1.58. The summed E-state index contributed by atoms with van der Waals surface area (Å²) >= 11 is 3.81. The van der Waals surface area contributed by atoms with E-state index in [4.69, 9.17) is 4.74 Å². The molecule has 1 aliphatic rings. The maximum absolute atomic E-state index is 12.4. The van der Waals surface area contributed by atoms with Crippen molar-refractivity contribution in [3.63, 3.8) is 0 Å². The van der Waals surface area contributed by atoms with Gasteiger partial charge in [0.1, 0.15) is 0 Å². The normalized spacial score (nSPS) is 15.2. The number of halogens is 3. The third-order valence-electron chi connectivity index (χ3n) is 3.93. The number of benzene rings is 1. The molecule has 9 heteroatoms. The second-order valence-electron chi connectivity index (χ2n) is 6.10. The number of amides is 1. The van der Waals surface area contributed by atoms with E-state index in [1.165, 1.54) is 18.2 Å². The highest BCUT2D eigenvalue weighted by Crippen LogP contribution is 2.43. The molecule has 0 spiro atoms. The highest BCUT2D eigenvalue weighted by molar-refractivity contribution is 8.16. The second-order valence-corrected chi connectivity index (χ2v) is 8.83. The summed E-state index contributed by atoms with van der Waals surface area (Å²) in [7, 11) is 0. The number of carbonyl (C=O) groups excluding carboxylic acids is 1. The molecule has 1 saturated heterocycles. The number of rotatable bonds is 6. The van der Waals surface area contributed by atoms with Gasteiger partial charge in [-0.15, -0.1) is 23.5 Å². The first-order chi connectivity index (χ1) is 13.4. The summed E-state index contributed by atoms with van der Waals surface area (Å²) < 4.78 is 42.2. The molecule has 0 saturated carbocycles. The number of hydrogen-bond donors (Lipinski definition) is 1. The summed E-state index contributed by atoms with van der Waals surface area (Å²) in [5, 5.41) is 2.70. The fourth-order valence-electron chi connectivity index (χ4n) is 2.59. The van der Waals surface area contributed by atoms with Gasteiger partial charge in [-0.3, -0.25) is 4.79 Å². The van der Waals surface area contributed by atoms with E-state index in [0.29, 0.717) is 15.7 Å². The number of carbonyl (C=O) groups is 1. The fourth-order valence-corrected chi connectivity index (χ4v) is 5.48. The van der Waals surface area contributed by atoms with Crippen molar-refractivity contribution in [3.8, 4) is 5.88 Å². The van der Waals surface area contributed by atoms with Crippen LogP contribution in [0.4, 0.5) is 13.2 Å². The first kappa shape index (κ1) is 20.9. The molecule has 4 nitrogen and oxygen atoms in total. The van der Waals surface area contributed by atoms with Crippen LogP contribution in [0.5, 0.6) is 5.88 Å². The van der Waals surface area contributed by atoms with Gasteiger partial charge in [-0.25, -0.2) is 4.98 Å². The zero-order valence-electron chi connectivity index (χ0n) is 14.9. The summed E-state index contributed by atoms with van der Waals surface area (Å²) in [6.07, 6.45) is -1.89. The number of thioether (sulfide) groups is 2. The Morgan fingerprint density at radius 1 is 1.18 bits per heavy atom. The predicted molar refractivity (Wildman–Crippen MR) is 106 cm³/mol. The van der Waals surface area contributed by atoms with Crippen LogP contribution in [-0.2, 0) is 6.54 Å². The Labute approximate surface area is 169 Å². The molecule has 1 N–H and O–H groups in total. The van der Waals surface area contributed by atoms with E-state index in [1.54, 1.807) is 24.3 Å². The van der Waals surface area contributed by atoms with Crippen molar-refractivity contribution in [1.29, 1.82) is 0 Å². The lowest BCUT2D eigenvalue weighted by atomic mass is 10.1. The van der Waals surface area contributed by atoms with Gasteiger partial charge in [-0.1, -0.05) is 18.2 Å². The largest absolute Gasteiger partial charge is 0.468 e. The van der Waals surface area contributed by atoms with E-state index in [9.17, 15) is 18.0 Å². The minimum absolute atomic E-state index is 0.0238. The predicted octanol–water partition coefficient (Wildman–Crippen LogP) is 4.82. The van der Waals surface area contributed by atoms with Crippen LogP contribution in [0.2, 0.25) is 0 Å². The molecule has 3 rings (SSSR count). The molecule has 28 heavy (non-hydrogen) atoms. The lowest BCUT2D eigenvalue weighted by Crippen LogP contribution is -2.24. The quantitative estimate of drug-likeness (QED) is 0.715. The Hall–Kier alpha value is -1.87. The number of pyridine rings is 1. The van der Waals surface area contributed by atoms with E-state index in [0.717, 1.165) is 11.5 Å². The molecule has 1 aliphatic heterocycles. The molecule has 1 aromatic heterocycles. The van der Waals surface area contributed by atoms with Crippen LogP contribution >= 0.6 is 23.5 Å². The van der Waals surface area contributed by atoms with Gasteiger partial charge in [0.05, 0.1) is 4.58 Å². The van der Waals surface area contributed by atoms with E-state index in [1.807, 2.05) is 35.7 Å². The maximum atomic E-state index is 12.4. The Morgan fingerprint density at radius 2 is 1.89 bits per heavy atom. The summed E-state index contributed by atoms with van der Waals surface area (Å²) in [5.41, 5.74) is 2.06. The number of ether oxygens (including phenoxy) is 1. The average Bonchev–Trinajstić information content (AvgIpc) is 2.71. The third kappa shape index (κ3) is 6.07. The lowest BCUT2D eigenvalue weighted by Gasteiger charge is -2.21. The molecular formula is C19H19F3N2O2S2. The summed E-state index contributed by atoms with van der Waals surface area (Å²) in [5.74, 6) is 1.84. The topological polar surface area (TPSA) is 51.2 Å². The molecule has 0 atom stereocenters. The van der Waals surface area contributed by atoms with Gasteiger partial charge < -0.3 is 10.1 Å². The summed E-state index contributed by atoms with van der Waals surface area (Å²) in [6, 6.07) is 10.6. The van der Waals surface area contributed by atoms with Crippen LogP contribution in [0.25, 0.3) is 0 Å². The maximum Gasteiger partial charge on any atom is 0.422 e. The van der Waals surface area contributed by atoms with Crippen molar-refractivity contribution in [3.05, 3.63) is 59.3 Å². The van der Waals surface area contributed by atoms with Crippen molar-refractivity contribution in [2.75, 3.05) is 18.1 Å². The smallest absolute Gasteiger partial charge is 0.422 e. The summed E-state index contributed by atoms with van der Waals surface area (Å²) in [4.78, 5) is 16.2. The molecular weight excluding hydrogens is 409 g/mol. The van der Waals surface area contributed by atoms with Crippen molar-refractivity contribution in [2.24, 2.45) is 0 Å². The van der Waals surface area contributed by atoms with Crippen LogP contribution in [0.1, 0.15) is 32.5 Å². The fraction of sp³-hybridized carbons (Fsp3) is 0.368. The molecule has 0 radical (unpaired) electrons. The number of hydrogen-bond acceptors (Lipinski definition) is 5. The standard InChI is InChI=1S/C19H19F3N2O2S2/c20-19(21,22)12-26-17-15(3-1-8-23-17)11-24-16(25)13-4-6-14(7-5-13)18-27-9-2-10-28-18/h1,3-8,18H,2,9-12H2,(H,24,25). The van der Waals surface area contributed by atoms with Crippen molar-refractivity contribution in [1.82, 2.24) is 10.3 Å². The minimum Gasteiger partial charge on any atom is -0.468 e. The molecule has 150 valence electrons. The van der Waals surface area contributed by atoms with Crippen LogP contribution in [0, 0.1) is 0 Å². The van der Waals surface area contributed by atoms with Gasteiger partial charge >= 0.3 is 6.18 Å². The van der Waals surface area contributed by atoms with E-state index in [-0.39, 0.29) is 18.3 Å². The number of aromatic nitrogens is 1. The van der Waals surface area contributed by atoms with Gasteiger partial charge in [-0.05, 0) is 41.7 Å².